The van der Waals surface area contributed by atoms with E-state index < -0.39 is 0 Å². The van der Waals surface area contributed by atoms with Crippen molar-refractivity contribution >= 4 is 17.2 Å². The van der Waals surface area contributed by atoms with E-state index in [1.807, 2.05) is 12.3 Å². The number of methoxy groups -OCH3 is 1. The third kappa shape index (κ3) is 3.85. The van der Waals surface area contributed by atoms with Gasteiger partial charge in [0.2, 0.25) is 5.91 Å². The van der Waals surface area contributed by atoms with Crippen molar-refractivity contribution in [2.75, 3.05) is 20.3 Å². The Morgan fingerprint density at radius 1 is 1.71 bits per heavy atom. The number of amides is 1. The van der Waals surface area contributed by atoms with E-state index >= 15 is 0 Å². The molecule has 0 aliphatic heterocycles. The summed E-state index contributed by atoms with van der Waals surface area (Å²) in [5, 5.41) is 5.64. The van der Waals surface area contributed by atoms with Gasteiger partial charge in [0.05, 0.1) is 23.7 Å². The molecule has 0 aliphatic rings. The number of nitrogens with zero attached hydrogens (tertiary/aromatic N) is 1. The molecule has 1 amide bonds. The first-order valence-corrected chi connectivity index (χ1v) is 5.27. The van der Waals surface area contributed by atoms with Gasteiger partial charge in [0.15, 0.2) is 0 Å². The molecule has 5 heteroatoms. The fourth-order valence-electron chi connectivity index (χ4n) is 1.01. The van der Waals surface area contributed by atoms with Gasteiger partial charge in [-0.05, 0) is 6.92 Å². The topological polar surface area (TPSA) is 51.2 Å². The molecule has 14 heavy (non-hydrogen) atoms. The highest BCUT2D eigenvalue weighted by Crippen LogP contribution is 2.07. The number of ether oxygens (including phenoxy) is 1. The number of aromatic nitrogens is 1. The van der Waals surface area contributed by atoms with Crippen LogP contribution in [0.1, 0.15) is 10.7 Å². The lowest BCUT2D eigenvalue weighted by atomic mass is 10.3. The van der Waals surface area contributed by atoms with Crippen molar-refractivity contribution < 1.29 is 9.53 Å². The summed E-state index contributed by atoms with van der Waals surface area (Å²) >= 11 is 1.56. The molecular formula is C9H14N2O2S. The van der Waals surface area contributed by atoms with Gasteiger partial charge in [-0.1, -0.05) is 0 Å². The summed E-state index contributed by atoms with van der Waals surface area (Å²) < 4.78 is 4.82. The molecule has 0 unspecified atom stereocenters. The highest BCUT2D eigenvalue weighted by molar-refractivity contribution is 7.09. The van der Waals surface area contributed by atoms with E-state index in [0.29, 0.717) is 19.6 Å². The van der Waals surface area contributed by atoms with Crippen molar-refractivity contribution in [2.45, 2.75) is 13.3 Å². The second kappa shape index (κ2) is 5.72. The molecule has 1 aromatic rings. The molecule has 4 nitrogen and oxygen atoms in total. The minimum absolute atomic E-state index is 0.00708. The average Bonchev–Trinajstić information content (AvgIpc) is 2.52. The number of aryl methyl sites for hydroxylation is 1. The van der Waals surface area contributed by atoms with E-state index in [4.69, 9.17) is 4.74 Å². The highest BCUT2D eigenvalue weighted by atomic mass is 32.1. The largest absolute Gasteiger partial charge is 0.383 e. The van der Waals surface area contributed by atoms with Crippen molar-refractivity contribution in [1.29, 1.82) is 0 Å². The first-order valence-electron chi connectivity index (χ1n) is 4.39. The Balaban J connectivity index is 2.27. The van der Waals surface area contributed by atoms with Crippen LogP contribution < -0.4 is 5.32 Å². The van der Waals surface area contributed by atoms with Crippen LogP contribution >= 0.6 is 11.3 Å². The van der Waals surface area contributed by atoms with Crippen molar-refractivity contribution in [3.63, 3.8) is 0 Å². The summed E-state index contributed by atoms with van der Waals surface area (Å²) in [6.07, 6.45) is 0.355. The Kier molecular flexibility index (Phi) is 4.55. The Bertz CT molecular complexity index is 299. The normalized spacial score (nSPS) is 10.1. The van der Waals surface area contributed by atoms with Gasteiger partial charge >= 0.3 is 0 Å². The van der Waals surface area contributed by atoms with Gasteiger partial charge in [-0.2, -0.15) is 0 Å². The molecule has 0 aromatic carbocycles. The number of hydrogen-bond donors (Lipinski definition) is 1. The minimum Gasteiger partial charge on any atom is -0.383 e. The lowest BCUT2D eigenvalue weighted by Gasteiger charge is -2.02. The summed E-state index contributed by atoms with van der Waals surface area (Å²) in [6.45, 7) is 3.03. The molecule has 1 heterocycles. The average molecular weight is 214 g/mol. The highest BCUT2D eigenvalue weighted by Gasteiger charge is 2.04. The maximum Gasteiger partial charge on any atom is 0.226 e. The second-order valence-electron chi connectivity index (χ2n) is 2.88. The lowest BCUT2D eigenvalue weighted by Crippen LogP contribution is -2.28. The summed E-state index contributed by atoms with van der Waals surface area (Å²) in [4.78, 5) is 15.5. The van der Waals surface area contributed by atoms with E-state index in [0.717, 1.165) is 10.7 Å². The third-order valence-corrected chi connectivity index (χ3v) is 2.46. The van der Waals surface area contributed by atoms with Gasteiger partial charge in [0.1, 0.15) is 0 Å². The maximum atomic E-state index is 11.3. The van der Waals surface area contributed by atoms with E-state index in [1.165, 1.54) is 0 Å². The maximum absolute atomic E-state index is 11.3. The monoisotopic (exact) mass is 214 g/mol. The molecular weight excluding hydrogens is 200 g/mol. The molecule has 0 spiro atoms. The van der Waals surface area contributed by atoms with Crippen LogP contribution in [0.2, 0.25) is 0 Å². The lowest BCUT2D eigenvalue weighted by molar-refractivity contribution is -0.120. The fraction of sp³-hybridized carbons (Fsp3) is 0.556. The number of carbonyl (C=O) groups is 1. The zero-order valence-electron chi connectivity index (χ0n) is 8.37. The molecule has 0 radical (unpaired) electrons. The van der Waals surface area contributed by atoms with Crippen molar-refractivity contribution in [2.24, 2.45) is 0 Å². The van der Waals surface area contributed by atoms with Crippen LogP contribution in [-0.4, -0.2) is 31.2 Å². The molecule has 0 atom stereocenters. The standard InChI is InChI=1S/C9H14N2O2S/c1-7-11-8(6-14-7)5-9(12)10-3-4-13-2/h6H,3-5H2,1-2H3,(H,10,12). The predicted octanol–water partition coefficient (Wildman–Crippen LogP) is 0.757. The Hall–Kier alpha value is -0.940. The molecule has 0 saturated heterocycles. The van der Waals surface area contributed by atoms with Crippen LogP contribution in [0, 0.1) is 6.92 Å². The first-order chi connectivity index (χ1) is 6.72. The SMILES string of the molecule is COCCNC(=O)Cc1csc(C)n1. The number of thiazole rings is 1. The van der Waals surface area contributed by atoms with Crippen molar-refractivity contribution in [3.05, 3.63) is 16.1 Å². The van der Waals surface area contributed by atoms with Gasteiger partial charge in [-0.25, -0.2) is 4.98 Å². The Labute approximate surface area is 87.3 Å². The van der Waals surface area contributed by atoms with Crippen LogP contribution in [0.3, 0.4) is 0 Å². The van der Waals surface area contributed by atoms with Crippen LogP contribution in [-0.2, 0) is 16.0 Å². The van der Waals surface area contributed by atoms with E-state index in [-0.39, 0.29) is 5.91 Å². The second-order valence-corrected chi connectivity index (χ2v) is 3.94. The quantitative estimate of drug-likeness (QED) is 0.736. The van der Waals surface area contributed by atoms with Crippen LogP contribution in [0.4, 0.5) is 0 Å². The van der Waals surface area contributed by atoms with Gasteiger partial charge in [0, 0.05) is 19.0 Å². The van der Waals surface area contributed by atoms with E-state index in [2.05, 4.69) is 10.3 Å². The first kappa shape index (κ1) is 11.1. The summed E-state index contributed by atoms with van der Waals surface area (Å²) in [5.41, 5.74) is 0.836. The number of carbonyl (C=O) groups excluding carboxylic acids is 1. The molecule has 78 valence electrons. The summed E-state index contributed by atoms with van der Waals surface area (Å²) in [6, 6.07) is 0. The van der Waals surface area contributed by atoms with Crippen LogP contribution in [0.15, 0.2) is 5.38 Å². The molecule has 1 N–H and O–H groups in total. The predicted molar refractivity (Wildman–Crippen MR) is 55.4 cm³/mol. The number of hydrogen-bond acceptors (Lipinski definition) is 4. The fourth-order valence-corrected chi connectivity index (χ4v) is 1.62. The molecule has 0 aliphatic carbocycles. The molecule has 0 bridgehead atoms. The molecule has 0 fully saturated rings. The van der Waals surface area contributed by atoms with Crippen LogP contribution in [0.5, 0.6) is 0 Å². The van der Waals surface area contributed by atoms with Gasteiger partial charge < -0.3 is 10.1 Å². The van der Waals surface area contributed by atoms with Crippen LogP contribution in [0.25, 0.3) is 0 Å². The smallest absolute Gasteiger partial charge is 0.226 e. The van der Waals surface area contributed by atoms with E-state index in [1.54, 1.807) is 18.4 Å². The molecule has 0 saturated carbocycles. The van der Waals surface area contributed by atoms with Gasteiger partial charge in [0.25, 0.3) is 0 Å². The molecule has 1 rings (SSSR count). The minimum atomic E-state index is -0.00708. The third-order valence-electron chi connectivity index (χ3n) is 1.64. The van der Waals surface area contributed by atoms with Gasteiger partial charge in [-0.15, -0.1) is 11.3 Å². The molecule has 1 aromatic heterocycles. The number of rotatable bonds is 5. The Morgan fingerprint density at radius 2 is 2.50 bits per heavy atom. The summed E-state index contributed by atoms with van der Waals surface area (Å²) in [5.74, 6) is -0.00708. The zero-order chi connectivity index (χ0) is 10.4. The zero-order valence-corrected chi connectivity index (χ0v) is 9.19. The Morgan fingerprint density at radius 3 is 3.07 bits per heavy atom. The van der Waals surface area contributed by atoms with Crippen molar-refractivity contribution in [1.82, 2.24) is 10.3 Å². The van der Waals surface area contributed by atoms with Crippen molar-refractivity contribution in [3.8, 4) is 0 Å². The number of nitrogens with one attached hydrogen (secondary N) is 1. The van der Waals surface area contributed by atoms with E-state index in [9.17, 15) is 4.79 Å². The summed E-state index contributed by atoms with van der Waals surface area (Å²) in [7, 11) is 1.61. The van der Waals surface area contributed by atoms with Gasteiger partial charge in [-0.3, -0.25) is 4.79 Å².